The van der Waals surface area contributed by atoms with Gasteiger partial charge in [0.2, 0.25) is 0 Å². The third-order valence-electron chi connectivity index (χ3n) is 2.63. The first-order valence-electron chi connectivity index (χ1n) is 6.22. The van der Waals surface area contributed by atoms with Crippen molar-refractivity contribution in [1.82, 2.24) is 0 Å². The Morgan fingerprint density at radius 3 is 2.65 bits per heavy atom. The summed E-state index contributed by atoms with van der Waals surface area (Å²) < 4.78 is 5.70. The predicted octanol–water partition coefficient (Wildman–Crippen LogP) is 2.45. The van der Waals surface area contributed by atoms with Crippen LogP contribution in [0.3, 0.4) is 0 Å². The van der Waals surface area contributed by atoms with Gasteiger partial charge in [-0.05, 0) is 35.9 Å². The Labute approximate surface area is 118 Å². The van der Waals surface area contributed by atoms with E-state index in [9.17, 15) is 0 Å². The van der Waals surface area contributed by atoms with Gasteiger partial charge in [-0.15, -0.1) is 0 Å². The maximum absolute atomic E-state index is 8.85. The lowest BCUT2D eigenvalue weighted by molar-refractivity contribution is 0.306. The van der Waals surface area contributed by atoms with Crippen LogP contribution in [0, 0.1) is 23.2 Å². The Bertz CT molecular complexity index is 690. The van der Waals surface area contributed by atoms with Crippen LogP contribution < -0.4 is 10.5 Å². The zero-order chi connectivity index (χ0) is 14.2. The van der Waals surface area contributed by atoms with Gasteiger partial charge < -0.3 is 10.5 Å². The second-order valence-electron chi connectivity index (χ2n) is 4.13. The van der Waals surface area contributed by atoms with E-state index in [1.807, 2.05) is 42.5 Å². The van der Waals surface area contributed by atoms with Crippen molar-refractivity contribution in [2.75, 3.05) is 6.54 Å². The summed E-state index contributed by atoms with van der Waals surface area (Å²) in [6, 6.07) is 17.0. The lowest BCUT2D eigenvalue weighted by atomic mass is 10.1. The highest BCUT2D eigenvalue weighted by Gasteiger charge is 1.98. The van der Waals surface area contributed by atoms with E-state index in [1.165, 1.54) is 0 Å². The number of hydrogen-bond acceptors (Lipinski definition) is 3. The third-order valence-corrected chi connectivity index (χ3v) is 2.63. The maximum Gasteiger partial charge on any atom is 0.121 e. The molecule has 0 radical (unpaired) electrons. The Morgan fingerprint density at radius 2 is 1.85 bits per heavy atom. The van der Waals surface area contributed by atoms with E-state index >= 15 is 0 Å². The molecule has 0 aliphatic heterocycles. The number of rotatable bonds is 3. The smallest absolute Gasteiger partial charge is 0.121 e. The Morgan fingerprint density at radius 1 is 1.05 bits per heavy atom. The Balaban J connectivity index is 2.05. The van der Waals surface area contributed by atoms with Gasteiger partial charge in [0.15, 0.2) is 0 Å². The summed E-state index contributed by atoms with van der Waals surface area (Å²) in [5.41, 5.74) is 7.81. The van der Waals surface area contributed by atoms with Crippen LogP contribution in [0.2, 0.25) is 0 Å². The third kappa shape index (κ3) is 3.88. The Kier molecular flexibility index (Phi) is 4.78. The number of nitrogens with two attached hydrogens (primary N) is 1. The summed E-state index contributed by atoms with van der Waals surface area (Å²) in [7, 11) is 0. The summed E-state index contributed by atoms with van der Waals surface area (Å²) in [6.45, 7) is 0.759. The van der Waals surface area contributed by atoms with Gasteiger partial charge in [0.05, 0.1) is 18.2 Å². The number of nitriles is 1. The van der Waals surface area contributed by atoms with E-state index in [0.717, 1.165) is 16.9 Å². The van der Waals surface area contributed by atoms with Crippen molar-refractivity contribution in [2.24, 2.45) is 5.73 Å². The number of ether oxygens (including phenoxy) is 1. The first-order valence-corrected chi connectivity index (χ1v) is 6.22. The van der Waals surface area contributed by atoms with Gasteiger partial charge in [-0.25, -0.2) is 0 Å². The average Bonchev–Trinajstić information content (AvgIpc) is 2.51. The first-order chi connectivity index (χ1) is 9.81. The fourth-order valence-corrected chi connectivity index (χ4v) is 1.71. The zero-order valence-electron chi connectivity index (χ0n) is 11.0. The Hall–Kier alpha value is -2.75. The zero-order valence-corrected chi connectivity index (χ0v) is 11.0. The number of nitrogens with zero attached hydrogens (tertiary/aromatic N) is 1. The van der Waals surface area contributed by atoms with Gasteiger partial charge in [0.1, 0.15) is 12.4 Å². The molecule has 2 aromatic rings. The molecule has 98 valence electrons. The molecule has 0 heterocycles. The lowest BCUT2D eigenvalue weighted by Gasteiger charge is -2.06. The van der Waals surface area contributed by atoms with E-state index in [2.05, 4.69) is 17.9 Å². The molecule has 0 saturated heterocycles. The van der Waals surface area contributed by atoms with Crippen molar-refractivity contribution in [3.05, 3.63) is 65.2 Å². The van der Waals surface area contributed by atoms with Gasteiger partial charge in [0.25, 0.3) is 0 Å². The fourth-order valence-electron chi connectivity index (χ4n) is 1.71. The molecule has 0 unspecified atom stereocenters. The predicted molar refractivity (Wildman–Crippen MR) is 77.9 cm³/mol. The molecule has 0 spiro atoms. The van der Waals surface area contributed by atoms with Crippen LogP contribution in [-0.4, -0.2) is 6.54 Å². The van der Waals surface area contributed by atoms with Gasteiger partial charge in [-0.1, -0.05) is 30.0 Å². The molecule has 2 rings (SSSR count). The quantitative estimate of drug-likeness (QED) is 0.864. The lowest BCUT2D eigenvalue weighted by Crippen LogP contribution is -1.96. The summed E-state index contributed by atoms with van der Waals surface area (Å²) >= 11 is 0. The number of hydrogen-bond donors (Lipinski definition) is 1. The van der Waals surface area contributed by atoms with Crippen LogP contribution in [-0.2, 0) is 6.61 Å². The summed E-state index contributed by atoms with van der Waals surface area (Å²) in [5, 5.41) is 8.85. The van der Waals surface area contributed by atoms with Crippen LogP contribution in [0.1, 0.15) is 16.7 Å². The molecule has 2 N–H and O–H groups in total. The summed E-state index contributed by atoms with van der Waals surface area (Å²) in [4.78, 5) is 0. The van der Waals surface area contributed by atoms with Crippen LogP contribution in [0.5, 0.6) is 5.75 Å². The molecule has 3 heteroatoms. The van der Waals surface area contributed by atoms with Crippen molar-refractivity contribution in [3.63, 3.8) is 0 Å². The second kappa shape index (κ2) is 6.99. The van der Waals surface area contributed by atoms with Crippen LogP contribution in [0.4, 0.5) is 0 Å². The first kappa shape index (κ1) is 13.7. The average molecular weight is 262 g/mol. The number of benzene rings is 2. The molecule has 0 aromatic heterocycles. The second-order valence-corrected chi connectivity index (χ2v) is 4.13. The SMILES string of the molecule is N#Cc1cccc(COc2cccc(C#CCN)c2)c1. The van der Waals surface area contributed by atoms with Crippen LogP contribution >= 0.6 is 0 Å². The van der Waals surface area contributed by atoms with Crippen molar-refractivity contribution in [3.8, 4) is 23.7 Å². The van der Waals surface area contributed by atoms with Gasteiger partial charge in [-0.2, -0.15) is 5.26 Å². The van der Waals surface area contributed by atoms with Crippen LogP contribution in [0.15, 0.2) is 48.5 Å². The molecule has 0 saturated carbocycles. The molecule has 0 fully saturated rings. The van der Waals surface area contributed by atoms with Crippen molar-refractivity contribution in [1.29, 1.82) is 5.26 Å². The topological polar surface area (TPSA) is 59.0 Å². The molecule has 0 aliphatic rings. The largest absolute Gasteiger partial charge is 0.489 e. The molecule has 2 aromatic carbocycles. The van der Waals surface area contributed by atoms with Crippen molar-refractivity contribution in [2.45, 2.75) is 6.61 Å². The molecular formula is C17H14N2O. The normalized spacial score (nSPS) is 9.20. The molecular weight excluding hydrogens is 248 g/mol. The van der Waals surface area contributed by atoms with Gasteiger partial charge in [-0.3, -0.25) is 0 Å². The maximum atomic E-state index is 8.85. The highest BCUT2D eigenvalue weighted by molar-refractivity contribution is 5.40. The highest BCUT2D eigenvalue weighted by atomic mass is 16.5. The minimum absolute atomic E-state index is 0.339. The van der Waals surface area contributed by atoms with E-state index in [4.69, 9.17) is 15.7 Å². The highest BCUT2D eigenvalue weighted by Crippen LogP contribution is 2.15. The van der Waals surface area contributed by atoms with Crippen LogP contribution in [0.25, 0.3) is 0 Å². The molecule has 20 heavy (non-hydrogen) atoms. The van der Waals surface area contributed by atoms with Gasteiger partial charge in [0, 0.05) is 5.56 Å². The standard InChI is InChI=1S/C17H14N2O/c18-9-3-7-14-4-2-8-17(11-14)20-13-16-6-1-5-15(10-16)12-19/h1-2,4-6,8,10-11H,9,13,18H2. The monoisotopic (exact) mass is 262 g/mol. The van der Waals surface area contributed by atoms with Crippen molar-refractivity contribution >= 4 is 0 Å². The van der Waals surface area contributed by atoms with E-state index < -0.39 is 0 Å². The fraction of sp³-hybridized carbons (Fsp3) is 0.118. The summed E-state index contributed by atoms with van der Waals surface area (Å²) in [6.07, 6.45) is 0. The van der Waals surface area contributed by atoms with E-state index in [1.54, 1.807) is 6.07 Å². The molecule has 0 amide bonds. The minimum atomic E-state index is 0.339. The van der Waals surface area contributed by atoms with Gasteiger partial charge >= 0.3 is 0 Å². The minimum Gasteiger partial charge on any atom is -0.489 e. The molecule has 0 aliphatic carbocycles. The van der Waals surface area contributed by atoms with E-state index in [0.29, 0.717) is 18.7 Å². The molecule has 3 nitrogen and oxygen atoms in total. The molecule has 0 bridgehead atoms. The summed E-state index contributed by atoms with van der Waals surface area (Å²) in [5.74, 6) is 6.52. The van der Waals surface area contributed by atoms with E-state index in [-0.39, 0.29) is 0 Å². The van der Waals surface area contributed by atoms with Crippen molar-refractivity contribution < 1.29 is 4.74 Å². The molecule has 0 atom stereocenters.